The third-order valence-electron chi connectivity index (χ3n) is 2.16. The molecule has 0 amide bonds. The average molecular weight is 289 g/mol. The van der Waals surface area contributed by atoms with Crippen molar-refractivity contribution in [3.05, 3.63) is 38.3 Å². The Hall–Kier alpha value is -1.47. The van der Waals surface area contributed by atoms with Gasteiger partial charge in [0.25, 0.3) is 5.69 Å². The van der Waals surface area contributed by atoms with Gasteiger partial charge in [-0.25, -0.2) is 4.79 Å². The van der Waals surface area contributed by atoms with Crippen LogP contribution in [0.4, 0.5) is 5.69 Å². The molecule has 1 aromatic carbocycles. The predicted molar refractivity (Wildman–Crippen MR) is 60.0 cm³/mol. The van der Waals surface area contributed by atoms with E-state index in [0.717, 1.165) is 0 Å². The number of aliphatic carboxylic acids is 1. The normalized spacial score (nSPS) is 14.2. The Morgan fingerprint density at radius 1 is 1.62 bits per heavy atom. The zero-order valence-electron chi connectivity index (χ0n) is 8.31. The molecule has 0 aliphatic rings. The lowest BCUT2D eigenvalue weighted by Crippen LogP contribution is -2.42. The fourth-order valence-electron chi connectivity index (χ4n) is 1.20. The van der Waals surface area contributed by atoms with Crippen LogP contribution in [-0.2, 0) is 10.3 Å². The summed E-state index contributed by atoms with van der Waals surface area (Å²) in [4.78, 5) is 21.0. The van der Waals surface area contributed by atoms with E-state index in [1.54, 1.807) is 0 Å². The van der Waals surface area contributed by atoms with Gasteiger partial charge in [0.05, 0.1) is 10.5 Å². The molecule has 1 atom stereocenters. The van der Waals surface area contributed by atoms with Crippen LogP contribution in [0.2, 0.25) is 0 Å². The van der Waals surface area contributed by atoms with Crippen molar-refractivity contribution in [3.8, 4) is 0 Å². The van der Waals surface area contributed by atoms with Crippen LogP contribution in [0.1, 0.15) is 12.5 Å². The Morgan fingerprint density at radius 2 is 2.19 bits per heavy atom. The molecule has 0 aromatic heterocycles. The number of carbonyl (C=O) groups is 1. The van der Waals surface area contributed by atoms with Gasteiger partial charge < -0.3 is 10.8 Å². The number of nitro benzene ring substituents is 1. The van der Waals surface area contributed by atoms with Crippen LogP contribution in [0.25, 0.3) is 0 Å². The molecule has 16 heavy (non-hydrogen) atoms. The minimum absolute atomic E-state index is 0.0422. The average Bonchev–Trinajstić information content (AvgIpc) is 2.16. The van der Waals surface area contributed by atoms with Gasteiger partial charge >= 0.3 is 5.97 Å². The Labute approximate surface area is 99.3 Å². The number of halogens is 1. The predicted octanol–water partition coefficient (Wildman–Crippen LogP) is 1.62. The molecule has 0 saturated heterocycles. The second-order valence-electron chi connectivity index (χ2n) is 3.43. The van der Waals surface area contributed by atoms with Crippen molar-refractivity contribution in [2.75, 3.05) is 0 Å². The van der Waals surface area contributed by atoms with E-state index in [1.165, 1.54) is 25.1 Å². The van der Waals surface area contributed by atoms with Crippen LogP contribution in [0.5, 0.6) is 0 Å². The summed E-state index contributed by atoms with van der Waals surface area (Å²) in [7, 11) is 0. The van der Waals surface area contributed by atoms with E-state index in [4.69, 9.17) is 10.8 Å². The molecule has 0 saturated carbocycles. The summed E-state index contributed by atoms with van der Waals surface area (Å²) >= 11 is 3.12. The van der Waals surface area contributed by atoms with Crippen molar-refractivity contribution in [2.45, 2.75) is 12.5 Å². The zero-order valence-corrected chi connectivity index (χ0v) is 9.89. The maximum absolute atomic E-state index is 10.9. The number of benzene rings is 1. The molecule has 0 bridgehead atoms. The molecule has 1 aromatic rings. The highest BCUT2D eigenvalue weighted by molar-refractivity contribution is 9.10. The van der Waals surface area contributed by atoms with Gasteiger partial charge in [0.2, 0.25) is 0 Å². The molecule has 0 aliphatic heterocycles. The van der Waals surface area contributed by atoms with Gasteiger partial charge in [-0.05, 0) is 19.1 Å². The van der Waals surface area contributed by atoms with Crippen molar-refractivity contribution in [1.29, 1.82) is 0 Å². The number of carboxylic acid groups (broad SMARTS) is 1. The second kappa shape index (κ2) is 4.18. The summed E-state index contributed by atoms with van der Waals surface area (Å²) in [6.07, 6.45) is 0. The molecule has 0 fully saturated rings. The van der Waals surface area contributed by atoms with Crippen molar-refractivity contribution < 1.29 is 14.8 Å². The van der Waals surface area contributed by atoms with Crippen LogP contribution in [-0.4, -0.2) is 16.0 Å². The highest BCUT2D eigenvalue weighted by atomic mass is 79.9. The molecule has 0 aliphatic carbocycles. The number of hydrogen-bond donors (Lipinski definition) is 2. The summed E-state index contributed by atoms with van der Waals surface area (Å²) in [5, 5.41) is 19.7. The highest BCUT2D eigenvalue weighted by Gasteiger charge is 2.36. The van der Waals surface area contributed by atoms with E-state index in [2.05, 4.69) is 15.9 Å². The Kier molecular flexibility index (Phi) is 3.30. The van der Waals surface area contributed by atoms with Gasteiger partial charge in [-0.2, -0.15) is 0 Å². The minimum Gasteiger partial charge on any atom is -0.480 e. The van der Waals surface area contributed by atoms with Crippen LogP contribution in [0.15, 0.2) is 22.7 Å². The van der Waals surface area contributed by atoms with Crippen molar-refractivity contribution in [1.82, 2.24) is 0 Å². The first kappa shape index (κ1) is 12.6. The summed E-state index contributed by atoms with van der Waals surface area (Å²) in [6.45, 7) is 1.21. The van der Waals surface area contributed by atoms with Gasteiger partial charge in [-0.1, -0.05) is 15.9 Å². The van der Waals surface area contributed by atoms with E-state index in [0.29, 0.717) is 4.47 Å². The lowest BCUT2D eigenvalue weighted by molar-refractivity contribution is -0.386. The number of nitro groups is 1. The van der Waals surface area contributed by atoms with Crippen LogP contribution < -0.4 is 5.73 Å². The molecule has 86 valence electrons. The van der Waals surface area contributed by atoms with Crippen molar-refractivity contribution in [2.24, 2.45) is 5.73 Å². The first-order chi connectivity index (χ1) is 7.26. The maximum atomic E-state index is 10.9. The van der Waals surface area contributed by atoms with Gasteiger partial charge in [0.1, 0.15) is 5.54 Å². The molecule has 0 spiro atoms. The first-order valence-corrected chi connectivity index (χ1v) is 5.03. The van der Waals surface area contributed by atoms with Crippen molar-refractivity contribution >= 4 is 27.6 Å². The standard InChI is InChI=1S/C9H9BrN2O4/c1-9(11,8(13)14)6-4-5(10)2-3-7(6)12(15)16/h2-4H,11H2,1H3,(H,13,14)/t9-/m0/s1. The van der Waals surface area contributed by atoms with E-state index < -0.39 is 16.4 Å². The molecule has 3 N–H and O–H groups in total. The molecular weight excluding hydrogens is 280 g/mol. The van der Waals surface area contributed by atoms with Crippen molar-refractivity contribution in [3.63, 3.8) is 0 Å². The molecular formula is C9H9BrN2O4. The Balaban J connectivity index is 3.47. The van der Waals surface area contributed by atoms with Crippen LogP contribution in [0, 0.1) is 10.1 Å². The quantitative estimate of drug-likeness (QED) is 0.649. The molecule has 0 radical (unpaired) electrons. The second-order valence-corrected chi connectivity index (χ2v) is 4.34. The summed E-state index contributed by atoms with van der Waals surface area (Å²) in [5.41, 5.74) is 3.41. The number of nitrogens with two attached hydrogens (primary N) is 1. The molecule has 7 heteroatoms. The Morgan fingerprint density at radius 3 is 2.62 bits per heavy atom. The zero-order chi connectivity index (χ0) is 12.5. The lowest BCUT2D eigenvalue weighted by atomic mass is 9.92. The lowest BCUT2D eigenvalue weighted by Gasteiger charge is -2.19. The van der Waals surface area contributed by atoms with E-state index in [-0.39, 0.29) is 11.3 Å². The van der Waals surface area contributed by atoms with Gasteiger partial charge in [0, 0.05) is 10.5 Å². The Bertz CT molecular complexity index is 459. The number of carboxylic acids is 1. The maximum Gasteiger partial charge on any atom is 0.328 e. The number of rotatable bonds is 3. The number of hydrogen-bond acceptors (Lipinski definition) is 4. The van der Waals surface area contributed by atoms with Gasteiger partial charge in [-0.3, -0.25) is 10.1 Å². The minimum atomic E-state index is -1.80. The first-order valence-electron chi connectivity index (χ1n) is 4.23. The SMILES string of the molecule is C[C@@](N)(C(=O)O)c1cc(Br)ccc1[N+](=O)[O-]. The summed E-state index contributed by atoms with van der Waals surface area (Å²) in [5.74, 6) is -1.33. The summed E-state index contributed by atoms with van der Waals surface area (Å²) in [6, 6.07) is 4.01. The third kappa shape index (κ3) is 2.20. The van der Waals surface area contributed by atoms with Gasteiger partial charge in [-0.15, -0.1) is 0 Å². The fourth-order valence-corrected chi connectivity index (χ4v) is 1.56. The third-order valence-corrected chi connectivity index (χ3v) is 2.65. The monoisotopic (exact) mass is 288 g/mol. The topological polar surface area (TPSA) is 106 Å². The molecule has 0 heterocycles. The van der Waals surface area contributed by atoms with Gasteiger partial charge in [0.15, 0.2) is 0 Å². The van der Waals surface area contributed by atoms with E-state index in [9.17, 15) is 14.9 Å². The van der Waals surface area contributed by atoms with E-state index in [1.807, 2.05) is 0 Å². The van der Waals surface area contributed by atoms with E-state index >= 15 is 0 Å². The molecule has 1 rings (SSSR count). The molecule has 0 unspecified atom stereocenters. The number of nitrogens with zero attached hydrogens (tertiary/aromatic N) is 1. The smallest absolute Gasteiger partial charge is 0.328 e. The highest BCUT2D eigenvalue weighted by Crippen LogP contribution is 2.30. The fraction of sp³-hybridized carbons (Fsp3) is 0.222. The van der Waals surface area contributed by atoms with Crippen LogP contribution >= 0.6 is 15.9 Å². The largest absolute Gasteiger partial charge is 0.480 e. The van der Waals surface area contributed by atoms with Crippen LogP contribution in [0.3, 0.4) is 0 Å². The molecule has 6 nitrogen and oxygen atoms in total. The summed E-state index contributed by atoms with van der Waals surface area (Å²) < 4.78 is 0.533.